The summed E-state index contributed by atoms with van der Waals surface area (Å²) in [5, 5.41) is 14.0. The van der Waals surface area contributed by atoms with Crippen LogP contribution in [-0.2, 0) is 14.2 Å². The number of nitrogens with one attached hydrogen (secondary N) is 1. The molecule has 1 aromatic carbocycles. The van der Waals surface area contributed by atoms with E-state index in [4.69, 9.17) is 20.1 Å². The average Bonchev–Trinajstić information content (AvgIpc) is 3.19. The minimum atomic E-state index is -1.59. The van der Waals surface area contributed by atoms with Crippen LogP contribution in [0.3, 0.4) is 0 Å². The van der Waals surface area contributed by atoms with E-state index in [2.05, 4.69) is 31.0 Å². The van der Waals surface area contributed by atoms with Crippen molar-refractivity contribution in [3.05, 3.63) is 58.1 Å². The van der Waals surface area contributed by atoms with Crippen LogP contribution < -0.4 is 10.8 Å². The number of pyridine rings is 1. The normalized spacial score (nSPS) is 29.0. The number of halogens is 4. The minimum Gasteiger partial charge on any atom is -0.388 e. The van der Waals surface area contributed by atoms with Gasteiger partial charge in [-0.05, 0) is 41.1 Å². The van der Waals surface area contributed by atoms with Crippen LogP contribution in [0.2, 0.25) is 0 Å². The van der Waals surface area contributed by atoms with E-state index in [0.29, 0.717) is 6.61 Å². The molecule has 188 valence electrons. The van der Waals surface area contributed by atoms with Crippen LogP contribution in [0.15, 0.2) is 45.1 Å². The van der Waals surface area contributed by atoms with Crippen LogP contribution in [0.1, 0.15) is 12.5 Å². The summed E-state index contributed by atoms with van der Waals surface area (Å²) in [6, 6.07) is 2.91. The number of hydrogen-bond acceptors (Lipinski definition) is 8. The van der Waals surface area contributed by atoms with Crippen molar-refractivity contribution < 1.29 is 37.5 Å². The molecule has 2 saturated heterocycles. The first kappa shape index (κ1) is 26.0. The molecule has 3 heterocycles. The van der Waals surface area contributed by atoms with Crippen LogP contribution in [0, 0.1) is 17.5 Å². The van der Waals surface area contributed by atoms with E-state index in [1.807, 2.05) is 13.0 Å². The van der Waals surface area contributed by atoms with Gasteiger partial charge in [0, 0.05) is 33.9 Å². The van der Waals surface area contributed by atoms with E-state index < -0.39 is 53.3 Å². The number of thioether (sulfide) groups is 1. The van der Waals surface area contributed by atoms with E-state index in [1.165, 1.54) is 18.0 Å². The van der Waals surface area contributed by atoms with Crippen LogP contribution >= 0.6 is 27.7 Å². The van der Waals surface area contributed by atoms with Crippen molar-refractivity contribution in [1.29, 1.82) is 0 Å². The maximum atomic E-state index is 13.8. The summed E-state index contributed by atoms with van der Waals surface area (Å²) in [5.41, 5.74) is -0.653. The summed E-state index contributed by atoms with van der Waals surface area (Å²) in [7, 11) is 0. The highest BCUT2D eigenvalue weighted by Crippen LogP contribution is 2.38. The van der Waals surface area contributed by atoms with Crippen LogP contribution in [-0.4, -0.2) is 71.1 Å². The van der Waals surface area contributed by atoms with Gasteiger partial charge in [0.2, 0.25) is 6.04 Å². The molecule has 35 heavy (non-hydrogen) atoms. The van der Waals surface area contributed by atoms with Gasteiger partial charge in [0.1, 0.15) is 17.6 Å². The molecular formula is C22H23BrF3N4O4S+. The third-order valence-electron chi connectivity index (χ3n) is 5.55. The average molecular weight is 576 g/mol. The molecule has 0 saturated carbocycles. The predicted molar refractivity (Wildman–Crippen MR) is 125 cm³/mol. The number of aliphatic hydroxyl groups is 1. The Morgan fingerprint density at radius 2 is 2.06 bits per heavy atom. The number of benzene rings is 1. The molecule has 0 radical (unpaired) electrons. The molecule has 6 atom stereocenters. The quantitative estimate of drug-likeness (QED) is 0.196. The lowest BCUT2D eigenvalue weighted by Crippen LogP contribution is -2.87. The van der Waals surface area contributed by atoms with Gasteiger partial charge in [-0.15, -0.1) is 0 Å². The first-order chi connectivity index (χ1) is 16.8. The van der Waals surface area contributed by atoms with E-state index in [0.717, 1.165) is 21.5 Å². The molecule has 4 N–H and O–H groups in total. The first-order valence-electron chi connectivity index (χ1n) is 10.7. The number of rotatable bonds is 7. The van der Waals surface area contributed by atoms with E-state index in [-0.39, 0.29) is 17.9 Å². The zero-order valence-corrected chi connectivity index (χ0v) is 20.8. The molecule has 4 unspecified atom stereocenters. The number of fused-ring (bicyclic) bond motifs is 1. The van der Waals surface area contributed by atoms with Gasteiger partial charge in [-0.1, -0.05) is 11.8 Å². The summed E-state index contributed by atoms with van der Waals surface area (Å²) < 4.78 is 59.7. The molecule has 0 spiro atoms. The maximum Gasteiger partial charge on any atom is 0.208 e. The topological polar surface area (TPSA) is 113 Å². The third-order valence-corrected chi connectivity index (χ3v) is 7.09. The van der Waals surface area contributed by atoms with Crippen LogP contribution in [0.5, 0.6) is 0 Å². The van der Waals surface area contributed by atoms with Gasteiger partial charge in [-0.25, -0.2) is 18.2 Å². The van der Waals surface area contributed by atoms with Crippen molar-refractivity contribution >= 4 is 39.6 Å². The van der Waals surface area contributed by atoms with Gasteiger partial charge in [0.05, 0.1) is 6.61 Å². The van der Waals surface area contributed by atoms with Gasteiger partial charge >= 0.3 is 0 Å². The van der Waals surface area contributed by atoms with Gasteiger partial charge in [-0.3, -0.25) is 4.98 Å². The number of ether oxygens (including phenoxy) is 3. The smallest absolute Gasteiger partial charge is 0.208 e. The van der Waals surface area contributed by atoms with E-state index in [9.17, 15) is 18.3 Å². The fourth-order valence-electron chi connectivity index (χ4n) is 4.01. The lowest BCUT2D eigenvalue weighted by Gasteiger charge is -2.39. The van der Waals surface area contributed by atoms with Crippen molar-refractivity contribution in [1.82, 2.24) is 4.98 Å². The molecule has 0 aliphatic carbocycles. The lowest BCUT2D eigenvalue weighted by atomic mass is 9.96. The van der Waals surface area contributed by atoms with E-state index in [1.54, 1.807) is 12.4 Å². The fraction of sp³-hybridized carbons (Fsp3) is 0.409. The molecule has 8 nitrogen and oxygen atoms in total. The van der Waals surface area contributed by atoms with E-state index >= 15 is 0 Å². The van der Waals surface area contributed by atoms with Crippen molar-refractivity contribution in [2.75, 3.05) is 13.2 Å². The number of nitrogens with zero attached hydrogens (tertiary/aromatic N) is 2. The Morgan fingerprint density at radius 1 is 1.31 bits per heavy atom. The number of aliphatic hydroxyl groups excluding tert-OH is 1. The molecule has 13 heteroatoms. The van der Waals surface area contributed by atoms with Gasteiger partial charge in [0.15, 0.2) is 41.6 Å². The Balaban J connectivity index is 1.66. The highest BCUT2D eigenvalue weighted by Gasteiger charge is 2.56. The lowest BCUT2D eigenvalue weighted by molar-refractivity contribution is -0.537. The zero-order valence-electron chi connectivity index (χ0n) is 18.4. The third kappa shape index (κ3) is 5.70. The number of aromatic nitrogens is 1. The second-order valence-electron chi connectivity index (χ2n) is 7.82. The highest BCUT2D eigenvalue weighted by molar-refractivity contribution is 9.10. The summed E-state index contributed by atoms with van der Waals surface area (Å²) in [6.45, 7) is 2.25. The second kappa shape index (κ2) is 11.4. The standard InChI is InChI=1S/C22H22BrF3N4O4S/c1-2-32-21-18(29-8-15(30-27)10-3-13(24)17(26)14(25)4-10)20-19(16(31)9-33-20)34-22(21)35-12-5-11(23)6-28-7-12/h3-8,16,18-22,31H,2,9,27H2,1H3/p+1/b29-8?,30-15+/t16?,18?,19?,20-,21?,22-/m1/s1. The van der Waals surface area contributed by atoms with Crippen molar-refractivity contribution in [2.45, 2.75) is 47.7 Å². The monoisotopic (exact) mass is 575 g/mol. The number of hydrogen-bond donors (Lipinski definition) is 3. The van der Waals surface area contributed by atoms with Crippen LogP contribution in [0.4, 0.5) is 13.2 Å². The summed E-state index contributed by atoms with van der Waals surface area (Å²) in [4.78, 5) is 8.10. The Labute approximate surface area is 211 Å². The molecule has 2 aliphatic heterocycles. The zero-order chi connectivity index (χ0) is 25.1. The Morgan fingerprint density at radius 3 is 2.71 bits per heavy atom. The minimum absolute atomic E-state index is 0.0278. The highest BCUT2D eigenvalue weighted by atomic mass is 79.9. The number of nitrogens with two attached hydrogens (primary N) is 1. The molecule has 2 aromatic rings. The Bertz CT molecular complexity index is 1100. The first-order valence-corrected chi connectivity index (χ1v) is 12.4. The number of hydrazone groups is 1. The molecule has 4 rings (SSSR count). The summed E-state index contributed by atoms with van der Waals surface area (Å²) >= 11 is 4.77. The maximum absolute atomic E-state index is 13.8. The van der Waals surface area contributed by atoms with Crippen molar-refractivity contribution in [3.8, 4) is 0 Å². The molecular weight excluding hydrogens is 553 g/mol. The predicted octanol–water partition coefficient (Wildman–Crippen LogP) is 1.13. The second-order valence-corrected chi connectivity index (χ2v) is 9.90. The van der Waals surface area contributed by atoms with Gasteiger partial charge in [-0.2, -0.15) is 5.10 Å². The molecule has 0 bridgehead atoms. The Hall–Kier alpha value is -2.03. The molecule has 2 aliphatic rings. The SMILES string of the molecule is CCOC1C([NH+]=C/C(=N\N)c2cc(F)c(F)c(F)c2)[C@H]2OCC(O)C2O[C@@H]1Sc1cncc(Br)c1. The van der Waals surface area contributed by atoms with Crippen LogP contribution in [0.25, 0.3) is 0 Å². The largest absolute Gasteiger partial charge is 0.388 e. The van der Waals surface area contributed by atoms with Gasteiger partial charge in [0.25, 0.3) is 0 Å². The van der Waals surface area contributed by atoms with Crippen molar-refractivity contribution in [3.63, 3.8) is 0 Å². The summed E-state index contributed by atoms with van der Waals surface area (Å²) in [6.07, 6.45) is 1.99. The fourth-order valence-corrected chi connectivity index (χ4v) is 5.67. The Kier molecular flexibility index (Phi) is 8.45. The molecule has 1 aromatic heterocycles. The molecule has 0 amide bonds. The van der Waals surface area contributed by atoms with Crippen molar-refractivity contribution in [2.24, 2.45) is 10.9 Å². The van der Waals surface area contributed by atoms with Gasteiger partial charge < -0.3 is 25.2 Å². The molecule has 2 fully saturated rings. The summed E-state index contributed by atoms with van der Waals surface area (Å²) in [5.74, 6) is 1.14.